The van der Waals surface area contributed by atoms with Crippen molar-refractivity contribution in [2.75, 3.05) is 0 Å². The third kappa shape index (κ3) is 1.79. The van der Waals surface area contributed by atoms with Gasteiger partial charge in [-0.3, -0.25) is 0 Å². The van der Waals surface area contributed by atoms with Gasteiger partial charge in [-0.1, -0.05) is 6.92 Å². The van der Waals surface area contributed by atoms with Gasteiger partial charge in [-0.15, -0.1) is 11.3 Å². The van der Waals surface area contributed by atoms with Crippen LogP contribution in [0.4, 0.5) is 13.2 Å². The molecule has 0 unspecified atom stereocenters. The number of nitrogens with zero attached hydrogens (tertiary/aromatic N) is 1. The number of carboxylic acids is 1. The molecule has 1 heterocycles. The molecule has 0 bridgehead atoms. The van der Waals surface area contributed by atoms with Gasteiger partial charge in [0, 0.05) is 5.41 Å². The Labute approximate surface area is 92.9 Å². The Kier molecular flexibility index (Phi) is 2.27. The predicted octanol–water partition coefficient (Wildman–Crippen LogP) is 2.91. The first-order chi connectivity index (χ1) is 7.24. The topological polar surface area (TPSA) is 50.2 Å². The molecule has 16 heavy (non-hydrogen) atoms. The maximum atomic E-state index is 12.5. The van der Waals surface area contributed by atoms with Crippen molar-refractivity contribution in [3.63, 3.8) is 0 Å². The van der Waals surface area contributed by atoms with Crippen LogP contribution in [0.25, 0.3) is 0 Å². The van der Waals surface area contributed by atoms with E-state index < -0.39 is 22.7 Å². The van der Waals surface area contributed by atoms with Crippen LogP contribution >= 0.6 is 11.3 Å². The SMILES string of the molecule is CC1(c2nc(C(F)(F)F)c(C(=O)O)s2)CC1. The summed E-state index contributed by atoms with van der Waals surface area (Å²) < 4.78 is 37.5. The molecule has 1 saturated carbocycles. The molecule has 1 aliphatic rings. The maximum Gasteiger partial charge on any atom is 0.435 e. The van der Waals surface area contributed by atoms with Crippen molar-refractivity contribution >= 4 is 17.3 Å². The Bertz CT molecular complexity index is 448. The minimum atomic E-state index is -4.70. The summed E-state index contributed by atoms with van der Waals surface area (Å²) in [6.45, 7) is 1.79. The quantitative estimate of drug-likeness (QED) is 0.879. The Balaban J connectivity index is 2.51. The normalized spacial score (nSPS) is 18.5. The van der Waals surface area contributed by atoms with Crippen LogP contribution in [0.2, 0.25) is 0 Å². The monoisotopic (exact) mass is 251 g/mol. The Morgan fingerprint density at radius 1 is 1.50 bits per heavy atom. The van der Waals surface area contributed by atoms with E-state index in [-0.39, 0.29) is 10.4 Å². The molecule has 1 N–H and O–H groups in total. The molecule has 0 radical (unpaired) electrons. The summed E-state index contributed by atoms with van der Waals surface area (Å²) in [7, 11) is 0. The lowest BCUT2D eigenvalue weighted by molar-refractivity contribution is -0.141. The smallest absolute Gasteiger partial charge is 0.435 e. The van der Waals surface area contributed by atoms with Crippen molar-refractivity contribution in [3.05, 3.63) is 15.6 Å². The Morgan fingerprint density at radius 3 is 2.38 bits per heavy atom. The number of halogens is 3. The number of alkyl halides is 3. The Hall–Kier alpha value is -1.11. The molecule has 0 aromatic carbocycles. The van der Waals surface area contributed by atoms with E-state index in [0.717, 1.165) is 12.8 Å². The highest BCUT2D eigenvalue weighted by molar-refractivity contribution is 7.13. The second kappa shape index (κ2) is 3.19. The van der Waals surface area contributed by atoms with Crippen molar-refractivity contribution in [2.24, 2.45) is 0 Å². The molecule has 0 aliphatic heterocycles. The van der Waals surface area contributed by atoms with Crippen LogP contribution in [0.5, 0.6) is 0 Å². The standard InChI is InChI=1S/C9H8F3NO2S/c1-8(2-3-8)7-13-5(9(10,11)12)4(16-7)6(14)15/h2-3H2,1H3,(H,14,15). The molecule has 88 valence electrons. The van der Waals surface area contributed by atoms with E-state index in [1.54, 1.807) is 6.92 Å². The minimum absolute atomic E-state index is 0.275. The van der Waals surface area contributed by atoms with E-state index in [9.17, 15) is 18.0 Å². The average molecular weight is 251 g/mol. The third-order valence-electron chi connectivity index (χ3n) is 2.61. The first kappa shape index (κ1) is 11.4. The van der Waals surface area contributed by atoms with E-state index in [0.29, 0.717) is 11.3 Å². The minimum Gasteiger partial charge on any atom is -0.477 e. The number of hydrogen-bond acceptors (Lipinski definition) is 3. The van der Waals surface area contributed by atoms with Crippen molar-refractivity contribution in [2.45, 2.75) is 31.4 Å². The first-order valence-corrected chi connectivity index (χ1v) is 5.37. The van der Waals surface area contributed by atoms with Crippen LogP contribution in [0.15, 0.2) is 0 Å². The molecule has 2 rings (SSSR count). The van der Waals surface area contributed by atoms with Crippen LogP contribution in [0.1, 0.15) is 40.1 Å². The Morgan fingerprint density at radius 2 is 2.06 bits per heavy atom. The molecule has 3 nitrogen and oxygen atoms in total. The molecule has 1 fully saturated rings. The van der Waals surface area contributed by atoms with Gasteiger partial charge >= 0.3 is 12.1 Å². The summed E-state index contributed by atoms with van der Waals surface area (Å²) in [6.07, 6.45) is -3.18. The number of rotatable bonds is 2. The lowest BCUT2D eigenvalue weighted by Gasteiger charge is -2.03. The van der Waals surface area contributed by atoms with Gasteiger partial charge in [0.2, 0.25) is 0 Å². The fourth-order valence-electron chi connectivity index (χ4n) is 1.32. The van der Waals surface area contributed by atoms with Gasteiger partial charge < -0.3 is 5.11 Å². The number of carbonyl (C=O) groups is 1. The molecule has 0 saturated heterocycles. The van der Waals surface area contributed by atoms with Crippen molar-refractivity contribution in [1.29, 1.82) is 0 Å². The van der Waals surface area contributed by atoms with Crippen molar-refractivity contribution in [3.8, 4) is 0 Å². The maximum absolute atomic E-state index is 12.5. The van der Waals surface area contributed by atoms with Gasteiger partial charge in [0.25, 0.3) is 0 Å². The molecule has 1 aromatic rings. The molecule has 7 heteroatoms. The summed E-state index contributed by atoms with van der Waals surface area (Å²) in [5.74, 6) is -1.57. The molecule has 1 aromatic heterocycles. The molecule has 0 atom stereocenters. The first-order valence-electron chi connectivity index (χ1n) is 4.56. The lowest BCUT2D eigenvalue weighted by atomic mass is 10.2. The largest absolute Gasteiger partial charge is 0.477 e. The van der Waals surface area contributed by atoms with E-state index >= 15 is 0 Å². The second-order valence-corrected chi connectivity index (χ2v) is 5.06. The van der Waals surface area contributed by atoms with Gasteiger partial charge in [0.1, 0.15) is 4.88 Å². The van der Waals surface area contributed by atoms with E-state index in [2.05, 4.69) is 4.98 Å². The molecule has 0 spiro atoms. The van der Waals surface area contributed by atoms with Crippen molar-refractivity contribution in [1.82, 2.24) is 4.98 Å². The van der Waals surface area contributed by atoms with Crippen LogP contribution in [-0.4, -0.2) is 16.1 Å². The highest BCUT2D eigenvalue weighted by atomic mass is 32.1. The summed E-state index contributed by atoms with van der Waals surface area (Å²) >= 11 is 0.633. The molecule has 1 aliphatic carbocycles. The molecule has 0 amide bonds. The van der Waals surface area contributed by atoms with E-state index in [1.165, 1.54) is 0 Å². The second-order valence-electron chi connectivity index (χ2n) is 4.06. The predicted molar refractivity (Wildman–Crippen MR) is 50.7 cm³/mol. The number of thiazole rings is 1. The van der Waals surface area contributed by atoms with Gasteiger partial charge in [-0.2, -0.15) is 13.2 Å². The summed E-state index contributed by atoms with van der Waals surface area (Å²) in [5.41, 5.74) is -1.62. The fourth-order valence-corrected chi connectivity index (χ4v) is 2.44. The van der Waals surface area contributed by atoms with Gasteiger partial charge in [0.05, 0.1) is 5.01 Å². The van der Waals surface area contributed by atoms with Gasteiger partial charge in [-0.05, 0) is 12.8 Å². The number of carboxylic acid groups (broad SMARTS) is 1. The zero-order chi connectivity index (χ0) is 12.1. The highest BCUT2D eigenvalue weighted by Gasteiger charge is 2.46. The zero-order valence-electron chi connectivity index (χ0n) is 8.26. The van der Waals surface area contributed by atoms with Crippen LogP contribution < -0.4 is 0 Å². The summed E-state index contributed by atoms with van der Waals surface area (Å²) in [6, 6.07) is 0. The van der Waals surface area contributed by atoms with Crippen LogP contribution in [0.3, 0.4) is 0 Å². The van der Waals surface area contributed by atoms with E-state index in [1.807, 2.05) is 0 Å². The highest BCUT2D eigenvalue weighted by Crippen LogP contribution is 2.50. The number of aromatic nitrogens is 1. The van der Waals surface area contributed by atoms with Crippen LogP contribution in [0, 0.1) is 0 Å². The zero-order valence-corrected chi connectivity index (χ0v) is 9.08. The molecular weight excluding hydrogens is 243 g/mol. The van der Waals surface area contributed by atoms with Gasteiger partial charge in [0.15, 0.2) is 5.69 Å². The summed E-state index contributed by atoms with van der Waals surface area (Å²) in [5, 5.41) is 8.97. The van der Waals surface area contributed by atoms with E-state index in [4.69, 9.17) is 5.11 Å². The van der Waals surface area contributed by atoms with Gasteiger partial charge in [-0.25, -0.2) is 9.78 Å². The average Bonchev–Trinajstić information content (AvgIpc) is 2.73. The van der Waals surface area contributed by atoms with Crippen LogP contribution in [-0.2, 0) is 11.6 Å². The third-order valence-corrected chi connectivity index (χ3v) is 3.96. The molecular formula is C9H8F3NO2S. The summed E-state index contributed by atoms with van der Waals surface area (Å²) in [4.78, 5) is 13.4. The van der Waals surface area contributed by atoms with Crippen molar-refractivity contribution < 1.29 is 23.1 Å². The fraction of sp³-hybridized carbons (Fsp3) is 0.556. The number of aromatic carboxylic acids is 1. The number of hydrogen-bond donors (Lipinski definition) is 1. The lowest BCUT2D eigenvalue weighted by Crippen LogP contribution is -2.12.